The fraction of sp³-hybridized carbons (Fsp3) is 0.579. The van der Waals surface area contributed by atoms with Crippen molar-refractivity contribution < 1.29 is 27.0 Å². The molecule has 0 spiro atoms. The van der Waals surface area contributed by atoms with E-state index in [2.05, 4.69) is 0 Å². The predicted octanol–water partition coefficient (Wildman–Crippen LogP) is 3.26. The molecule has 1 aliphatic rings. The van der Waals surface area contributed by atoms with Gasteiger partial charge >= 0.3 is 5.97 Å². The SMILES string of the molecule is [2H]C([2H])([2H])C([C@H]1CC[C@H](C(=O)NC([2H])(C(=O)O)C([2H])([2H])c2ccccc2)CC1)C([2H])([2H])[2H]. The van der Waals surface area contributed by atoms with Gasteiger partial charge in [0.2, 0.25) is 5.91 Å². The van der Waals surface area contributed by atoms with E-state index in [1.165, 1.54) is 24.3 Å². The summed E-state index contributed by atoms with van der Waals surface area (Å²) in [6.45, 7) is -5.37. The summed E-state index contributed by atoms with van der Waals surface area (Å²) in [5, 5.41) is 11.6. The van der Waals surface area contributed by atoms with Crippen molar-refractivity contribution in [3.05, 3.63) is 35.9 Å². The molecule has 1 amide bonds. The highest BCUT2D eigenvalue weighted by Gasteiger charge is 2.30. The monoisotopic (exact) mass is 326 g/mol. The standard InChI is InChI=1S/C19H27NO3/c1-13(2)15-8-10-16(11-9-15)18(21)20-17(19(22)23)12-14-6-4-3-5-7-14/h3-7,13,15-17H,8-12H2,1-2H3,(H,20,21)(H,22,23)/t15-,16-,17?/i1D3,2D3,12D2,17D. The van der Waals surface area contributed by atoms with Crippen molar-refractivity contribution in [2.75, 3.05) is 0 Å². The Balaban J connectivity index is 2.16. The van der Waals surface area contributed by atoms with Crippen LogP contribution in [0.25, 0.3) is 0 Å². The molecular formula is C19H27NO3. The molecule has 0 saturated heterocycles. The second-order valence-corrected chi connectivity index (χ2v) is 5.75. The molecule has 0 heterocycles. The second kappa shape index (κ2) is 8.14. The lowest BCUT2D eigenvalue weighted by atomic mass is 9.76. The molecule has 4 heteroatoms. The molecule has 0 radical (unpaired) electrons. The summed E-state index contributed by atoms with van der Waals surface area (Å²) in [4.78, 5) is 24.6. The number of carboxylic acid groups (broad SMARTS) is 1. The molecule has 1 saturated carbocycles. The summed E-state index contributed by atoms with van der Waals surface area (Å²) in [7, 11) is 0. The number of benzene rings is 1. The van der Waals surface area contributed by atoms with Gasteiger partial charge in [0.15, 0.2) is 0 Å². The highest BCUT2D eigenvalue weighted by molar-refractivity contribution is 5.85. The van der Waals surface area contributed by atoms with Crippen LogP contribution in [0.1, 0.15) is 57.3 Å². The Kier molecular flexibility index (Phi) is 3.13. The first kappa shape index (κ1) is 8.86. The maximum absolute atomic E-state index is 12.8. The highest BCUT2D eigenvalue weighted by Crippen LogP contribution is 2.33. The lowest BCUT2D eigenvalue weighted by Crippen LogP contribution is -2.45. The van der Waals surface area contributed by atoms with Crippen LogP contribution in [0.3, 0.4) is 0 Å². The fourth-order valence-corrected chi connectivity index (χ4v) is 2.74. The van der Waals surface area contributed by atoms with Crippen molar-refractivity contribution in [3.63, 3.8) is 0 Å². The molecule has 0 bridgehead atoms. The average Bonchev–Trinajstić information content (AvgIpc) is 2.66. The Hall–Kier alpha value is -1.84. The molecule has 23 heavy (non-hydrogen) atoms. The Morgan fingerprint density at radius 2 is 1.96 bits per heavy atom. The Morgan fingerprint density at radius 1 is 1.30 bits per heavy atom. The predicted molar refractivity (Wildman–Crippen MR) is 90.0 cm³/mol. The summed E-state index contributed by atoms with van der Waals surface area (Å²) in [6, 6.07) is 4.24. The first-order chi connectivity index (χ1) is 14.5. The molecule has 1 aromatic rings. The summed E-state index contributed by atoms with van der Waals surface area (Å²) in [6.07, 6.45) is -2.24. The van der Waals surface area contributed by atoms with Crippen molar-refractivity contribution in [2.24, 2.45) is 17.8 Å². The van der Waals surface area contributed by atoms with Gasteiger partial charge in [0.1, 0.15) is 6.02 Å². The van der Waals surface area contributed by atoms with Gasteiger partial charge in [0.05, 0.1) is 1.37 Å². The quantitative estimate of drug-likeness (QED) is 0.843. The minimum Gasteiger partial charge on any atom is -0.480 e. The molecule has 2 N–H and O–H groups in total. The van der Waals surface area contributed by atoms with Gasteiger partial charge in [-0.2, -0.15) is 0 Å². The van der Waals surface area contributed by atoms with E-state index in [-0.39, 0.29) is 31.2 Å². The zero-order chi connectivity index (χ0) is 24.5. The molecule has 2 rings (SSSR count). The van der Waals surface area contributed by atoms with E-state index in [1.807, 2.05) is 5.32 Å². The zero-order valence-corrected chi connectivity index (χ0v) is 12.7. The van der Waals surface area contributed by atoms with E-state index in [0.29, 0.717) is 0 Å². The third kappa shape index (κ3) is 5.08. The third-order valence-electron chi connectivity index (χ3n) is 4.12. The maximum Gasteiger partial charge on any atom is 0.326 e. The highest BCUT2D eigenvalue weighted by atomic mass is 16.4. The number of aliphatic carboxylic acids is 1. The number of carbonyl (C=O) groups is 2. The van der Waals surface area contributed by atoms with Crippen molar-refractivity contribution >= 4 is 11.9 Å². The smallest absolute Gasteiger partial charge is 0.326 e. The van der Waals surface area contributed by atoms with Crippen LogP contribution in [-0.2, 0) is 16.0 Å². The number of carbonyl (C=O) groups excluding carboxylic acids is 1. The summed E-state index contributed by atoms with van der Waals surface area (Å²) in [5.41, 5.74) is -0.0837. The van der Waals surface area contributed by atoms with Gasteiger partial charge < -0.3 is 10.4 Å². The van der Waals surface area contributed by atoms with Crippen LogP contribution < -0.4 is 5.32 Å². The van der Waals surface area contributed by atoms with Crippen LogP contribution in [0.5, 0.6) is 0 Å². The lowest BCUT2D eigenvalue weighted by molar-refractivity contribution is -0.142. The summed E-state index contributed by atoms with van der Waals surface area (Å²) >= 11 is 0. The number of nitrogens with one attached hydrogen (secondary N) is 1. The number of hydrogen-bond acceptors (Lipinski definition) is 2. The Morgan fingerprint density at radius 3 is 2.52 bits per heavy atom. The molecule has 1 atom stereocenters. The zero-order valence-electron chi connectivity index (χ0n) is 21.7. The largest absolute Gasteiger partial charge is 0.480 e. The molecule has 1 aromatic carbocycles. The molecule has 1 fully saturated rings. The number of hydrogen-bond donors (Lipinski definition) is 2. The lowest BCUT2D eigenvalue weighted by Gasteiger charge is -2.30. The second-order valence-electron chi connectivity index (χ2n) is 5.75. The third-order valence-corrected chi connectivity index (χ3v) is 4.12. The minimum atomic E-state index is -3.00. The number of carboxylic acids is 1. The number of rotatable bonds is 6. The van der Waals surface area contributed by atoms with Gasteiger partial charge in [-0.15, -0.1) is 0 Å². The van der Waals surface area contributed by atoms with E-state index in [4.69, 9.17) is 12.3 Å². The van der Waals surface area contributed by atoms with Crippen LogP contribution in [0.2, 0.25) is 0 Å². The molecule has 1 unspecified atom stereocenters. The number of amides is 1. The van der Waals surface area contributed by atoms with E-state index >= 15 is 0 Å². The van der Waals surface area contributed by atoms with Crippen molar-refractivity contribution in [1.82, 2.24) is 5.32 Å². The van der Waals surface area contributed by atoms with Crippen LogP contribution in [0.4, 0.5) is 0 Å². The van der Waals surface area contributed by atoms with Crippen LogP contribution >= 0.6 is 0 Å². The normalized spacial score (nSPS) is 31.4. The Bertz CT molecular complexity index is 804. The topological polar surface area (TPSA) is 66.4 Å². The van der Waals surface area contributed by atoms with Crippen LogP contribution in [0.15, 0.2) is 30.3 Å². The van der Waals surface area contributed by atoms with E-state index < -0.39 is 55.7 Å². The minimum absolute atomic E-state index is 0.0837. The van der Waals surface area contributed by atoms with Crippen LogP contribution in [0, 0.1) is 17.8 Å². The molecule has 0 aromatic heterocycles. The first-order valence-electron chi connectivity index (χ1n) is 12.1. The molecule has 126 valence electrons. The van der Waals surface area contributed by atoms with Gasteiger partial charge in [0, 0.05) is 23.3 Å². The average molecular weight is 326 g/mol. The van der Waals surface area contributed by atoms with Gasteiger partial charge in [-0.25, -0.2) is 4.79 Å². The molecular weight excluding hydrogens is 290 g/mol. The van der Waals surface area contributed by atoms with Gasteiger partial charge in [0.25, 0.3) is 0 Å². The first-order valence-corrected chi connectivity index (χ1v) is 7.62. The molecule has 4 nitrogen and oxygen atoms in total. The van der Waals surface area contributed by atoms with Crippen molar-refractivity contribution in [2.45, 2.75) is 51.8 Å². The van der Waals surface area contributed by atoms with Crippen molar-refractivity contribution in [1.29, 1.82) is 0 Å². The maximum atomic E-state index is 12.8. The van der Waals surface area contributed by atoms with E-state index in [0.717, 1.165) is 0 Å². The van der Waals surface area contributed by atoms with E-state index in [1.54, 1.807) is 6.07 Å². The van der Waals surface area contributed by atoms with Gasteiger partial charge in [-0.1, -0.05) is 44.0 Å². The van der Waals surface area contributed by atoms with Gasteiger partial charge in [-0.3, -0.25) is 4.79 Å². The van der Waals surface area contributed by atoms with Crippen molar-refractivity contribution in [3.8, 4) is 0 Å². The molecule has 0 aliphatic heterocycles. The van der Waals surface area contributed by atoms with Crippen LogP contribution in [-0.4, -0.2) is 23.0 Å². The van der Waals surface area contributed by atoms with Gasteiger partial charge in [-0.05, 0) is 43.1 Å². The summed E-state index contributed by atoms with van der Waals surface area (Å²) in [5.74, 6) is -5.66. The Labute approximate surface area is 150 Å². The molecule has 1 aliphatic carbocycles. The fourth-order valence-electron chi connectivity index (χ4n) is 2.74. The summed E-state index contributed by atoms with van der Waals surface area (Å²) < 4.78 is 70.3. The van der Waals surface area contributed by atoms with E-state index in [9.17, 15) is 14.7 Å².